The fourth-order valence-corrected chi connectivity index (χ4v) is 2.07. The van der Waals surface area contributed by atoms with Crippen molar-refractivity contribution in [2.45, 2.75) is 39.5 Å². The van der Waals surface area contributed by atoms with E-state index in [1.807, 2.05) is 6.92 Å². The first kappa shape index (κ1) is 13.5. The minimum Gasteiger partial charge on any atom is -0.324 e. The number of hydrogen-bond donors (Lipinski definition) is 1. The molecule has 0 amide bonds. The lowest BCUT2D eigenvalue weighted by Gasteiger charge is -2.14. The zero-order valence-corrected chi connectivity index (χ0v) is 10.1. The molecular weight excluding hydrogens is 207 g/mol. The quantitative estimate of drug-likeness (QED) is 0.510. The SMILES string of the molecule is CCCCCOP(O)(=S)OCCC. The van der Waals surface area contributed by atoms with Gasteiger partial charge in [0.25, 0.3) is 0 Å². The second-order valence-corrected chi connectivity index (χ2v) is 5.68. The summed E-state index contributed by atoms with van der Waals surface area (Å²) >= 11 is 4.78. The van der Waals surface area contributed by atoms with Gasteiger partial charge in [0.1, 0.15) is 0 Å². The molecule has 1 atom stereocenters. The highest BCUT2D eigenvalue weighted by atomic mass is 32.5. The number of unbranched alkanes of at least 4 members (excludes halogenated alkanes) is 2. The van der Waals surface area contributed by atoms with Gasteiger partial charge in [-0.1, -0.05) is 26.7 Å². The lowest BCUT2D eigenvalue weighted by atomic mass is 10.3. The van der Waals surface area contributed by atoms with Gasteiger partial charge in [-0.05, 0) is 24.6 Å². The van der Waals surface area contributed by atoms with Gasteiger partial charge in [-0.15, -0.1) is 0 Å². The predicted octanol–water partition coefficient (Wildman–Crippen LogP) is 2.84. The third-order valence-corrected chi connectivity index (χ3v) is 3.11. The summed E-state index contributed by atoms with van der Waals surface area (Å²) in [5.74, 6) is 0. The van der Waals surface area contributed by atoms with Crippen LogP contribution in [0.3, 0.4) is 0 Å². The van der Waals surface area contributed by atoms with Crippen molar-refractivity contribution in [3.05, 3.63) is 0 Å². The molecule has 0 heterocycles. The Hall–Kier alpha value is 0.530. The number of rotatable bonds is 8. The summed E-state index contributed by atoms with van der Waals surface area (Å²) in [6, 6.07) is 0. The van der Waals surface area contributed by atoms with E-state index < -0.39 is 6.72 Å². The van der Waals surface area contributed by atoms with Crippen LogP contribution in [0.2, 0.25) is 0 Å². The van der Waals surface area contributed by atoms with Crippen molar-refractivity contribution >= 4 is 18.5 Å². The molecular formula is C8H19O3PS. The van der Waals surface area contributed by atoms with Crippen LogP contribution in [0.1, 0.15) is 39.5 Å². The molecule has 1 unspecified atom stereocenters. The Bertz CT molecular complexity index is 163. The van der Waals surface area contributed by atoms with Crippen molar-refractivity contribution in [3.63, 3.8) is 0 Å². The minimum atomic E-state index is -2.92. The molecule has 0 saturated heterocycles. The molecule has 1 N–H and O–H groups in total. The molecule has 0 aromatic carbocycles. The first-order chi connectivity index (χ1) is 6.12. The summed E-state index contributed by atoms with van der Waals surface area (Å²) in [4.78, 5) is 9.43. The van der Waals surface area contributed by atoms with Gasteiger partial charge in [0.05, 0.1) is 13.2 Å². The summed E-state index contributed by atoms with van der Waals surface area (Å²) in [6.07, 6.45) is 4.01. The van der Waals surface area contributed by atoms with Crippen LogP contribution in [0.4, 0.5) is 0 Å². The van der Waals surface area contributed by atoms with Crippen LogP contribution < -0.4 is 0 Å². The van der Waals surface area contributed by atoms with Crippen LogP contribution in [-0.2, 0) is 20.9 Å². The molecule has 0 aromatic heterocycles. The smallest absolute Gasteiger partial charge is 0.324 e. The van der Waals surface area contributed by atoms with Crippen LogP contribution in [-0.4, -0.2) is 18.1 Å². The highest BCUT2D eigenvalue weighted by molar-refractivity contribution is 8.07. The molecule has 0 bridgehead atoms. The molecule has 5 heteroatoms. The Kier molecular flexibility index (Phi) is 8.21. The van der Waals surface area contributed by atoms with Gasteiger partial charge in [0.15, 0.2) is 0 Å². The molecule has 80 valence electrons. The summed E-state index contributed by atoms with van der Waals surface area (Å²) < 4.78 is 10.1. The van der Waals surface area contributed by atoms with Gasteiger partial charge in [-0.3, -0.25) is 0 Å². The topological polar surface area (TPSA) is 38.7 Å². The van der Waals surface area contributed by atoms with Crippen molar-refractivity contribution in [1.82, 2.24) is 0 Å². The minimum absolute atomic E-state index is 0.474. The van der Waals surface area contributed by atoms with E-state index in [4.69, 9.17) is 20.9 Å². The van der Waals surface area contributed by atoms with E-state index in [0.29, 0.717) is 13.2 Å². The Morgan fingerprint density at radius 1 is 1.08 bits per heavy atom. The largest absolute Gasteiger partial charge is 0.324 e. The highest BCUT2D eigenvalue weighted by Crippen LogP contribution is 2.43. The van der Waals surface area contributed by atoms with E-state index in [1.54, 1.807) is 0 Å². The molecule has 0 saturated carbocycles. The van der Waals surface area contributed by atoms with Gasteiger partial charge in [-0.25, -0.2) is 0 Å². The third kappa shape index (κ3) is 8.85. The first-order valence-electron chi connectivity index (χ1n) is 4.74. The van der Waals surface area contributed by atoms with E-state index >= 15 is 0 Å². The fraction of sp³-hybridized carbons (Fsp3) is 1.00. The van der Waals surface area contributed by atoms with Crippen molar-refractivity contribution in [2.24, 2.45) is 0 Å². The van der Waals surface area contributed by atoms with Crippen LogP contribution in [0.15, 0.2) is 0 Å². The standard InChI is InChI=1S/C8H19O3PS/c1-3-5-6-8-11-12(9,13)10-7-4-2/h3-8H2,1-2H3,(H,9,13). The molecule has 0 aromatic rings. The summed E-state index contributed by atoms with van der Waals surface area (Å²) in [6.45, 7) is 2.14. The van der Waals surface area contributed by atoms with Gasteiger partial charge in [-0.2, -0.15) is 0 Å². The van der Waals surface area contributed by atoms with E-state index in [0.717, 1.165) is 25.7 Å². The second-order valence-electron chi connectivity index (χ2n) is 2.84. The van der Waals surface area contributed by atoms with Gasteiger partial charge in [0, 0.05) is 0 Å². The maximum Gasteiger partial charge on any atom is 0.324 e. The Labute approximate surface area is 85.7 Å². The predicted molar refractivity (Wildman–Crippen MR) is 58.2 cm³/mol. The first-order valence-corrected chi connectivity index (χ1v) is 7.33. The molecule has 0 aliphatic carbocycles. The van der Waals surface area contributed by atoms with Crippen LogP contribution in [0.25, 0.3) is 0 Å². The molecule has 13 heavy (non-hydrogen) atoms. The van der Waals surface area contributed by atoms with E-state index in [9.17, 15) is 4.89 Å². The third-order valence-electron chi connectivity index (χ3n) is 1.46. The van der Waals surface area contributed by atoms with E-state index in [2.05, 4.69) is 6.92 Å². The monoisotopic (exact) mass is 226 g/mol. The molecule has 0 radical (unpaired) electrons. The Balaban J connectivity index is 3.45. The Morgan fingerprint density at radius 2 is 1.69 bits per heavy atom. The van der Waals surface area contributed by atoms with Gasteiger partial charge >= 0.3 is 6.72 Å². The molecule has 0 aliphatic heterocycles. The summed E-state index contributed by atoms with van der Waals surface area (Å²) in [5, 5.41) is 0. The van der Waals surface area contributed by atoms with Crippen LogP contribution >= 0.6 is 6.72 Å². The van der Waals surface area contributed by atoms with Gasteiger partial charge < -0.3 is 13.9 Å². The number of hydrogen-bond acceptors (Lipinski definition) is 3. The second kappa shape index (κ2) is 7.89. The van der Waals surface area contributed by atoms with E-state index in [-0.39, 0.29) is 0 Å². The lowest BCUT2D eigenvalue weighted by molar-refractivity contribution is 0.194. The zero-order chi connectivity index (χ0) is 10.2. The maximum atomic E-state index is 9.43. The average Bonchev–Trinajstić information content (AvgIpc) is 2.09. The fourth-order valence-electron chi connectivity index (χ4n) is 0.776. The van der Waals surface area contributed by atoms with Crippen molar-refractivity contribution < 1.29 is 13.9 Å². The molecule has 3 nitrogen and oxygen atoms in total. The lowest BCUT2D eigenvalue weighted by Crippen LogP contribution is -1.97. The maximum absolute atomic E-state index is 9.43. The Morgan fingerprint density at radius 3 is 2.23 bits per heavy atom. The van der Waals surface area contributed by atoms with Crippen LogP contribution in [0, 0.1) is 0 Å². The van der Waals surface area contributed by atoms with Crippen molar-refractivity contribution in [3.8, 4) is 0 Å². The van der Waals surface area contributed by atoms with Crippen molar-refractivity contribution in [2.75, 3.05) is 13.2 Å². The average molecular weight is 226 g/mol. The normalized spacial score (nSPS) is 15.6. The summed E-state index contributed by atoms with van der Waals surface area (Å²) in [5.41, 5.74) is 0. The molecule has 0 aliphatic rings. The van der Waals surface area contributed by atoms with Gasteiger partial charge in [0.2, 0.25) is 0 Å². The highest BCUT2D eigenvalue weighted by Gasteiger charge is 2.13. The molecule has 0 spiro atoms. The van der Waals surface area contributed by atoms with Crippen LogP contribution in [0.5, 0.6) is 0 Å². The zero-order valence-electron chi connectivity index (χ0n) is 8.36. The van der Waals surface area contributed by atoms with Crippen molar-refractivity contribution in [1.29, 1.82) is 0 Å². The van der Waals surface area contributed by atoms with E-state index in [1.165, 1.54) is 0 Å². The molecule has 0 fully saturated rings. The summed E-state index contributed by atoms with van der Waals surface area (Å²) in [7, 11) is 0. The molecule has 0 rings (SSSR count).